The Bertz CT molecular complexity index is 922. The highest BCUT2D eigenvalue weighted by Crippen LogP contribution is 2.36. The van der Waals surface area contributed by atoms with Gasteiger partial charge in [-0.2, -0.15) is 0 Å². The Hall–Kier alpha value is -2.78. The summed E-state index contributed by atoms with van der Waals surface area (Å²) in [6.45, 7) is 0. The fraction of sp³-hybridized carbons (Fsp3) is 0.0500. The standard InChI is InChI=1S/C20H15ClN2O/c21-14-10-11-17-16(12-14)19(13-6-2-1-3-7-13)23-20(22-17)15-8-4-5-9-18(15)24/h1-12,20,22,24H/t20-/m1/s1. The first-order chi connectivity index (χ1) is 11.7. The molecule has 0 radical (unpaired) electrons. The molecule has 0 aliphatic carbocycles. The van der Waals surface area contributed by atoms with E-state index in [0.717, 1.165) is 28.1 Å². The number of anilines is 1. The van der Waals surface area contributed by atoms with E-state index in [-0.39, 0.29) is 11.9 Å². The number of aliphatic imine (C=N–C) groups is 1. The molecule has 3 aromatic rings. The maximum absolute atomic E-state index is 10.2. The van der Waals surface area contributed by atoms with Crippen LogP contribution < -0.4 is 5.32 Å². The number of phenols is 1. The van der Waals surface area contributed by atoms with E-state index in [1.54, 1.807) is 12.1 Å². The number of nitrogens with one attached hydrogen (secondary N) is 1. The number of phenolic OH excluding ortho intramolecular Hbond substituents is 1. The Morgan fingerprint density at radius 3 is 2.46 bits per heavy atom. The molecule has 0 bridgehead atoms. The molecule has 3 nitrogen and oxygen atoms in total. The average molecular weight is 335 g/mol. The van der Waals surface area contributed by atoms with Gasteiger partial charge in [-0.1, -0.05) is 60.1 Å². The highest BCUT2D eigenvalue weighted by Gasteiger charge is 2.24. The first-order valence-corrected chi connectivity index (χ1v) is 8.08. The minimum atomic E-state index is -0.352. The van der Waals surface area contributed by atoms with Gasteiger partial charge >= 0.3 is 0 Å². The van der Waals surface area contributed by atoms with Gasteiger partial charge in [0.25, 0.3) is 0 Å². The number of aromatic hydroxyl groups is 1. The van der Waals surface area contributed by atoms with Gasteiger partial charge in [0.1, 0.15) is 11.9 Å². The van der Waals surface area contributed by atoms with Crippen LogP contribution in [0.2, 0.25) is 5.02 Å². The summed E-state index contributed by atoms with van der Waals surface area (Å²) in [7, 11) is 0. The van der Waals surface area contributed by atoms with Gasteiger partial charge in [0, 0.05) is 27.4 Å². The minimum absolute atomic E-state index is 0.226. The molecule has 1 aliphatic rings. The number of fused-ring (bicyclic) bond motifs is 1. The Morgan fingerprint density at radius 1 is 0.917 bits per heavy atom. The Kier molecular flexibility index (Phi) is 3.71. The number of rotatable bonds is 2. The molecule has 1 aliphatic heterocycles. The zero-order valence-electron chi connectivity index (χ0n) is 12.8. The molecule has 118 valence electrons. The van der Waals surface area contributed by atoms with Crippen LogP contribution in [0.1, 0.15) is 22.9 Å². The van der Waals surface area contributed by atoms with Crippen LogP contribution in [0.4, 0.5) is 5.69 Å². The number of hydrogen-bond acceptors (Lipinski definition) is 3. The van der Waals surface area contributed by atoms with Crippen molar-refractivity contribution in [3.63, 3.8) is 0 Å². The normalized spacial score (nSPS) is 16.0. The second-order valence-corrected chi connectivity index (χ2v) is 6.08. The van der Waals surface area contributed by atoms with Crippen molar-refractivity contribution < 1.29 is 5.11 Å². The average Bonchev–Trinajstić information content (AvgIpc) is 2.62. The van der Waals surface area contributed by atoms with Crippen LogP contribution in [0.25, 0.3) is 0 Å². The maximum Gasteiger partial charge on any atom is 0.149 e. The summed E-state index contributed by atoms with van der Waals surface area (Å²) in [4.78, 5) is 4.85. The zero-order chi connectivity index (χ0) is 16.5. The highest BCUT2D eigenvalue weighted by atomic mass is 35.5. The van der Waals surface area contributed by atoms with Gasteiger partial charge in [0.2, 0.25) is 0 Å². The van der Waals surface area contributed by atoms with Gasteiger partial charge < -0.3 is 10.4 Å². The van der Waals surface area contributed by atoms with Gasteiger partial charge in [0.15, 0.2) is 0 Å². The van der Waals surface area contributed by atoms with E-state index < -0.39 is 0 Å². The van der Waals surface area contributed by atoms with Crippen LogP contribution in [0.15, 0.2) is 77.8 Å². The second kappa shape index (κ2) is 6.02. The predicted molar refractivity (Wildman–Crippen MR) is 98.0 cm³/mol. The first kappa shape index (κ1) is 14.8. The van der Waals surface area contributed by atoms with Crippen LogP contribution in [-0.4, -0.2) is 10.8 Å². The molecule has 0 aromatic heterocycles. The maximum atomic E-state index is 10.2. The number of hydrogen-bond donors (Lipinski definition) is 2. The lowest BCUT2D eigenvalue weighted by atomic mass is 9.97. The Labute approximate surface area is 145 Å². The zero-order valence-corrected chi connectivity index (χ0v) is 13.5. The van der Waals surface area contributed by atoms with Crippen LogP contribution in [-0.2, 0) is 0 Å². The summed E-state index contributed by atoms with van der Waals surface area (Å²) in [5.74, 6) is 0.226. The molecule has 2 N–H and O–H groups in total. The van der Waals surface area contributed by atoms with E-state index in [0.29, 0.717) is 5.02 Å². The molecule has 4 rings (SSSR count). The number of nitrogens with zero attached hydrogens (tertiary/aromatic N) is 1. The first-order valence-electron chi connectivity index (χ1n) is 7.70. The quantitative estimate of drug-likeness (QED) is 0.692. The summed E-state index contributed by atoms with van der Waals surface area (Å²) >= 11 is 6.19. The van der Waals surface area contributed by atoms with Crippen molar-refractivity contribution in [3.05, 3.63) is 94.5 Å². The van der Waals surface area contributed by atoms with Crippen LogP contribution in [0, 0.1) is 0 Å². The topological polar surface area (TPSA) is 44.6 Å². The molecule has 3 aromatic carbocycles. The second-order valence-electron chi connectivity index (χ2n) is 5.64. The number of halogens is 1. The molecule has 0 fully saturated rings. The van der Waals surface area contributed by atoms with E-state index in [9.17, 15) is 5.11 Å². The molecular weight excluding hydrogens is 320 g/mol. The van der Waals surface area contributed by atoms with Gasteiger partial charge in [0.05, 0.1) is 5.71 Å². The molecule has 0 saturated heterocycles. The lowest BCUT2D eigenvalue weighted by molar-refractivity contribution is 0.464. The fourth-order valence-electron chi connectivity index (χ4n) is 2.91. The van der Waals surface area contributed by atoms with Crippen LogP contribution >= 0.6 is 11.6 Å². The fourth-order valence-corrected chi connectivity index (χ4v) is 3.08. The molecule has 0 amide bonds. The number of benzene rings is 3. The molecular formula is C20H15ClN2O. The summed E-state index contributed by atoms with van der Waals surface area (Å²) in [5, 5.41) is 14.2. The van der Waals surface area contributed by atoms with E-state index in [1.165, 1.54) is 0 Å². The van der Waals surface area contributed by atoms with E-state index in [1.807, 2.05) is 60.7 Å². The summed E-state index contributed by atoms with van der Waals surface area (Å²) in [6, 6.07) is 23.0. The van der Waals surface area contributed by atoms with Crippen molar-refractivity contribution in [2.45, 2.75) is 6.17 Å². The molecule has 24 heavy (non-hydrogen) atoms. The molecule has 0 unspecified atom stereocenters. The molecule has 1 heterocycles. The Morgan fingerprint density at radius 2 is 1.67 bits per heavy atom. The van der Waals surface area contributed by atoms with Gasteiger partial charge in [-0.3, -0.25) is 4.99 Å². The minimum Gasteiger partial charge on any atom is -0.508 e. The third-order valence-corrected chi connectivity index (χ3v) is 4.30. The summed E-state index contributed by atoms with van der Waals surface area (Å²) in [6.07, 6.45) is -0.352. The van der Waals surface area contributed by atoms with Crippen molar-refractivity contribution in [2.24, 2.45) is 4.99 Å². The molecule has 1 atom stereocenters. The van der Waals surface area contributed by atoms with Crippen molar-refractivity contribution in [2.75, 3.05) is 5.32 Å². The third kappa shape index (κ3) is 2.63. The van der Waals surface area contributed by atoms with Crippen molar-refractivity contribution in [1.82, 2.24) is 0 Å². The summed E-state index contributed by atoms with van der Waals surface area (Å²) in [5.41, 5.74) is 4.52. The monoisotopic (exact) mass is 334 g/mol. The highest BCUT2D eigenvalue weighted by molar-refractivity contribution is 6.31. The van der Waals surface area contributed by atoms with Crippen molar-refractivity contribution in [1.29, 1.82) is 0 Å². The van der Waals surface area contributed by atoms with E-state index >= 15 is 0 Å². The molecule has 4 heteroatoms. The van der Waals surface area contributed by atoms with Crippen LogP contribution in [0.5, 0.6) is 5.75 Å². The third-order valence-electron chi connectivity index (χ3n) is 4.07. The SMILES string of the molecule is Oc1ccccc1[C@H]1N=C(c2ccccc2)c2cc(Cl)ccc2N1. The Balaban J connectivity index is 1.89. The van der Waals surface area contributed by atoms with Gasteiger partial charge in [-0.15, -0.1) is 0 Å². The summed E-state index contributed by atoms with van der Waals surface area (Å²) < 4.78 is 0. The van der Waals surface area contributed by atoms with Gasteiger partial charge in [-0.25, -0.2) is 0 Å². The molecule has 0 spiro atoms. The van der Waals surface area contributed by atoms with Gasteiger partial charge in [-0.05, 0) is 24.3 Å². The number of para-hydroxylation sites is 1. The van der Waals surface area contributed by atoms with Crippen LogP contribution in [0.3, 0.4) is 0 Å². The van der Waals surface area contributed by atoms with Crippen molar-refractivity contribution >= 4 is 23.0 Å². The lowest BCUT2D eigenvalue weighted by Gasteiger charge is -2.26. The van der Waals surface area contributed by atoms with Crippen molar-refractivity contribution in [3.8, 4) is 5.75 Å². The van der Waals surface area contributed by atoms with E-state index in [2.05, 4.69) is 5.32 Å². The lowest BCUT2D eigenvalue weighted by Crippen LogP contribution is -2.20. The smallest absolute Gasteiger partial charge is 0.149 e. The molecule has 0 saturated carbocycles. The van der Waals surface area contributed by atoms with E-state index in [4.69, 9.17) is 16.6 Å². The largest absolute Gasteiger partial charge is 0.508 e. The predicted octanol–water partition coefficient (Wildman–Crippen LogP) is 5.01.